The van der Waals surface area contributed by atoms with Gasteiger partial charge < -0.3 is 15.5 Å². The Morgan fingerprint density at radius 1 is 1.18 bits per heavy atom. The summed E-state index contributed by atoms with van der Waals surface area (Å²) in [5.41, 5.74) is 10.2. The molecule has 5 rings (SSSR count). The van der Waals surface area contributed by atoms with Crippen LogP contribution in [-0.4, -0.2) is 62.5 Å². The van der Waals surface area contributed by atoms with E-state index in [1.54, 1.807) is 6.92 Å². The van der Waals surface area contributed by atoms with Crippen molar-refractivity contribution in [3.63, 3.8) is 0 Å². The molecule has 1 aliphatic rings. The number of aromatic amines is 1. The number of carbonyl (C=O) groups excluding carboxylic acids is 2. The Balaban J connectivity index is 1.32. The zero-order valence-electron chi connectivity index (χ0n) is 18.8. The second kappa shape index (κ2) is 9.13. The van der Waals surface area contributed by atoms with Gasteiger partial charge in [-0.05, 0) is 42.8 Å². The number of Topliss-reactive ketones (excluding diaryl/α,β-unsaturated/α-hetero) is 1. The standard InChI is InChI=1S/C25H25ClN6O2/c1-15(34)24-20-9-17(26)3-5-21(20)30-23(24)12-31-6-7-32(18(11-31)13-33)10-16-2-4-19-22(8-16)28-14-29-25(19)27/h2-5,8-9,13-14,18,30H,6-7,10-12H2,1H3,(H2,27,28,29). The van der Waals surface area contributed by atoms with Gasteiger partial charge >= 0.3 is 0 Å². The van der Waals surface area contributed by atoms with Gasteiger partial charge in [-0.15, -0.1) is 0 Å². The summed E-state index contributed by atoms with van der Waals surface area (Å²) in [5.74, 6) is 0.454. The van der Waals surface area contributed by atoms with Crippen molar-refractivity contribution in [1.29, 1.82) is 0 Å². The lowest BCUT2D eigenvalue weighted by Crippen LogP contribution is -2.53. The molecule has 1 aliphatic heterocycles. The summed E-state index contributed by atoms with van der Waals surface area (Å²) in [6, 6.07) is 11.2. The van der Waals surface area contributed by atoms with E-state index >= 15 is 0 Å². The number of anilines is 1. The van der Waals surface area contributed by atoms with Crippen LogP contribution in [0.5, 0.6) is 0 Å². The van der Waals surface area contributed by atoms with Crippen LogP contribution in [0.25, 0.3) is 21.8 Å². The van der Waals surface area contributed by atoms with E-state index in [-0.39, 0.29) is 11.8 Å². The summed E-state index contributed by atoms with van der Waals surface area (Å²) in [7, 11) is 0. The van der Waals surface area contributed by atoms with Crippen LogP contribution in [0, 0.1) is 0 Å². The molecule has 0 aliphatic carbocycles. The highest BCUT2D eigenvalue weighted by Gasteiger charge is 2.28. The predicted molar refractivity (Wildman–Crippen MR) is 133 cm³/mol. The molecule has 174 valence electrons. The number of hydrogen-bond donors (Lipinski definition) is 2. The molecule has 0 saturated carbocycles. The second-order valence-corrected chi connectivity index (χ2v) is 9.18. The number of carbonyl (C=O) groups is 2. The molecule has 3 heterocycles. The number of fused-ring (bicyclic) bond motifs is 2. The summed E-state index contributed by atoms with van der Waals surface area (Å²) in [5, 5.41) is 2.25. The third kappa shape index (κ3) is 4.27. The quantitative estimate of drug-likeness (QED) is 0.324. The lowest BCUT2D eigenvalue weighted by atomic mass is 10.1. The van der Waals surface area contributed by atoms with Crippen LogP contribution in [-0.2, 0) is 17.9 Å². The van der Waals surface area contributed by atoms with Crippen molar-refractivity contribution in [1.82, 2.24) is 24.8 Å². The molecule has 34 heavy (non-hydrogen) atoms. The number of hydrogen-bond acceptors (Lipinski definition) is 7. The Hall–Kier alpha value is -3.33. The second-order valence-electron chi connectivity index (χ2n) is 8.74. The fourth-order valence-corrected chi connectivity index (χ4v) is 4.97. The third-order valence-corrected chi connectivity index (χ3v) is 6.70. The van der Waals surface area contributed by atoms with Crippen molar-refractivity contribution < 1.29 is 9.59 Å². The third-order valence-electron chi connectivity index (χ3n) is 6.46. The first-order valence-corrected chi connectivity index (χ1v) is 11.5. The minimum atomic E-state index is -0.250. The summed E-state index contributed by atoms with van der Waals surface area (Å²) in [6.07, 6.45) is 2.46. The molecule has 8 nitrogen and oxygen atoms in total. The van der Waals surface area contributed by atoms with Crippen LogP contribution in [0.15, 0.2) is 42.7 Å². The van der Waals surface area contributed by atoms with Crippen molar-refractivity contribution in [3.05, 3.63) is 64.6 Å². The maximum absolute atomic E-state index is 12.4. The summed E-state index contributed by atoms with van der Waals surface area (Å²) in [4.78, 5) is 40.5. The monoisotopic (exact) mass is 476 g/mol. The summed E-state index contributed by atoms with van der Waals surface area (Å²) >= 11 is 6.16. The van der Waals surface area contributed by atoms with Gasteiger partial charge in [-0.3, -0.25) is 14.6 Å². The van der Waals surface area contributed by atoms with Crippen molar-refractivity contribution in [2.24, 2.45) is 0 Å². The Kier molecular flexibility index (Phi) is 6.03. The number of nitrogens with two attached hydrogens (primary N) is 1. The van der Waals surface area contributed by atoms with Gasteiger partial charge in [0.1, 0.15) is 18.4 Å². The predicted octanol–water partition coefficient (Wildman–Crippen LogP) is 3.43. The van der Waals surface area contributed by atoms with Crippen LogP contribution < -0.4 is 5.73 Å². The van der Waals surface area contributed by atoms with E-state index in [1.165, 1.54) is 6.33 Å². The number of H-pyrrole nitrogens is 1. The molecular weight excluding hydrogens is 452 g/mol. The molecule has 1 unspecified atom stereocenters. The van der Waals surface area contributed by atoms with Crippen molar-refractivity contribution in [2.75, 3.05) is 25.4 Å². The molecular formula is C25H25ClN6O2. The molecule has 0 amide bonds. The topological polar surface area (TPSA) is 108 Å². The molecule has 0 bridgehead atoms. The van der Waals surface area contributed by atoms with E-state index in [2.05, 4.69) is 24.8 Å². The Morgan fingerprint density at radius 3 is 2.82 bits per heavy atom. The maximum Gasteiger partial charge on any atom is 0.162 e. The first-order valence-electron chi connectivity index (χ1n) is 11.1. The highest BCUT2D eigenvalue weighted by atomic mass is 35.5. The van der Waals surface area contributed by atoms with Crippen molar-refractivity contribution in [3.8, 4) is 0 Å². The minimum absolute atomic E-state index is 0.00478. The molecule has 3 N–H and O–H groups in total. The normalized spacial score (nSPS) is 17.4. The number of nitrogens with zero attached hydrogens (tertiary/aromatic N) is 4. The number of benzene rings is 2. The van der Waals surface area contributed by atoms with Gasteiger partial charge in [-0.2, -0.15) is 0 Å². The van der Waals surface area contributed by atoms with Gasteiger partial charge in [0.2, 0.25) is 0 Å². The molecule has 4 aromatic rings. The van der Waals surface area contributed by atoms with E-state index < -0.39 is 0 Å². The first kappa shape index (κ1) is 22.5. The van der Waals surface area contributed by atoms with Gasteiger partial charge in [0, 0.05) is 65.3 Å². The average molecular weight is 477 g/mol. The number of rotatable bonds is 6. The van der Waals surface area contributed by atoms with Crippen molar-refractivity contribution >= 4 is 51.3 Å². The number of ketones is 1. The maximum atomic E-state index is 12.4. The number of halogens is 1. The molecule has 1 atom stereocenters. The smallest absolute Gasteiger partial charge is 0.162 e. The minimum Gasteiger partial charge on any atom is -0.383 e. The van der Waals surface area contributed by atoms with Crippen LogP contribution in [0.2, 0.25) is 5.02 Å². The van der Waals surface area contributed by atoms with Gasteiger partial charge in [0.25, 0.3) is 0 Å². The largest absolute Gasteiger partial charge is 0.383 e. The Labute approximate surface area is 201 Å². The molecule has 0 spiro atoms. The SMILES string of the molecule is CC(=O)c1c(CN2CCN(Cc3ccc4c(N)ncnc4c3)C(C=O)C2)[nH]c2ccc(Cl)cc12. The molecule has 1 saturated heterocycles. The fourth-order valence-electron chi connectivity index (χ4n) is 4.80. The highest BCUT2D eigenvalue weighted by molar-refractivity contribution is 6.31. The van der Waals surface area contributed by atoms with Crippen LogP contribution in [0.4, 0.5) is 5.82 Å². The Bertz CT molecular complexity index is 1400. The number of nitrogens with one attached hydrogen (secondary N) is 1. The number of aldehydes is 1. The number of nitrogen functional groups attached to an aromatic ring is 1. The van der Waals surface area contributed by atoms with Gasteiger partial charge in [0.05, 0.1) is 11.6 Å². The van der Waals surface area contributed by atoms with E-state index in [1.807, 2.05) is 36.4 Å². The van der Waals surface area contributed by atoms with Crippen LogP contribution in [0.1, 0.15) is 28.5 Å². The average Bonchev–Trinajstić information content (AvgIpc) is 3.17. The lowest BCUT2D eigenvalue weighted by Gasteiger charge is -2.39. The molecule has 9 heteroatoms. The molecule has 1 fully saturated rings. The van der Waals surface area contributed by atoms with E-state index in [9.17, 15) is 9.59 Å². The van der Waals surface area contributed by atoms with Gasteiger partial charge in [-0.25, -0.2) is 9.97 Å². The summed E-state index contributed by atoms with van der Waals surface area (Å²) < 4.78 is 0. The van der Waals surface area contributed by atoms with Gasteiger partial charge in [0.15, 0.2) is 5.78 Å². The molecule has 0 radical (unpaired) electrons. The first-order chi connectivity index (χ1) is 16.4. The molecule has 2 aromatic heterocycles. The Morgan fingerprint density at radius 2 is 2.03 bits per heavy atom. The lowest BCUT2D eigenvalue weighted by molar-refractivity contribution is -0.115. The van der Waals surface area contributed by atoms with Crippen LogP contribution >= 0.6 is 11.6 Å². The van der Waals surface area contributed by atoms with Gasteiger partial charge in [-0.1, -0.05) is 17.7 Å². The highest BCUT2D eigenvalue weighted by Crippen LogP contribution is 2.28. The van der Waals surface area contributed by atoms with Crippen LogP contribution in [0.3, 0.4) is 0 Å². The zero-order chi connectivity index (χ0) is 23.8. The number of piperazine rings is 1. The zero-order valence-corrected chi connectivity index (χ0v) is 19.5. The summed E-state index contributed by atoms with van der Waals surface area (Å²) in [6.45, 7) is 4.86. The van der Waals surface area contributed by atoms with E-state index in [0.717, 1.165) is 52.4 Å². The fraction of sp³-hybridized carbons (Fsp3) is 0.280. The number of aromatic nitrogens is 3. The molecule has 2 aromatic carbocycles. The van der Waals surface area contributed by atoms with Crippen molar-refractivity contribution in [2.45, 2.75) is 26.1 Å². The van der Waals surface area contributed by atoms with E-state index in [0.29, 0.717) is 36.0 Å². The van der Waals surface area contributed by atoms with E-state index in [4.69, 9.17) is 17.3 Å².